The number of hydrogen-bond donors (Lipinski definition) is 2. The van der Waals surface area contributed by atoms with Crippen molar-refractivity contribution in [1.29, 1.82) is 0 Å². The third-order valence-corrected chi connectivity index (χ3v) is 3.57. The lowest BCUT2D eigenvalue weighted by molar-refractivity contribution is -0.144. The lowest BCUT2D eigenvalue weighted by Crippen LogP contribution is -2.50. The van der Waals surface area contributed by atoms with Crippen LogP contribution in [0.5, 0.6) is 0 Å². The Morgan fingerprint density at radius 2 is 2.18 bits per heavy atom. The van der Waals surface area contributed by atoms with Gasteiger partial charge in [0.15, 0.2) is 0 Å². The SMILES string of the molecule is CNC(C)(CCN(CCOC)C1CC1)C(=O)O. The molecule has 0 saturated heterocycles. The van der Waals surface area contributed by atoms with Gasteiger partial charge in [-0.3, -0.25) is 9.69 Å². The number of carboxylic acid groups (broad SMARTS) is 1. The quantitative estimate of drug-likeness (QED) is 0.620. The molecule has 0 amide bonds. The molecule has 0 aromatic heterocycles. The number of likely N-dealkylation sites (N-methyl/N-ethyl adjacent to an activating group) is 1. The smallest absolute Gasteiger partial charge is 0.323 e. The van der Waals surface area contributed by atoms with E-state index in [2.05, 4.69) is 10.2 Å². The summed E-state index contributed by atoms with van der Waals surface area (Å²) in [5.41, 5.74) is -0.833. The van der Waals surface area contributed by atoms with Crippen molar-refractivity contribution in [3.63, 3.8) is 0 Å². The monoisotopic (exact) mass is 244 g/mol. The van der Waals surface area contributed by atoms with E-state index in [9.17, 15) is 4.79 Å². The van der Waals surface area contributed by atoms with Gasteiger partial charge in [0.05, 0.1) is 6.61 Å². The molecule has 0 heterocycles. The summed E-state index contributed by atoms with van der Waals surface area (Å²) in [6.45, 7) is 4.13. The van der Waals surface area contributed by atoms with Crippen LogP contribution in [-0.4, -0.2) is 61.4 Å². The highest BCUT2D eigenvalue weighted by Crippen LogP contribution is 2.27. The molecule has 2 N–H and O–H groups in total. The first-order valence-electron chi connectivity index (χ1n) is 6.19. The predicted molar refractivity (Wildman–Crippen MR) is 66.2 cm³/mol. The fraction of sp³-hybridized carbons (Fsp3) is 0.917. The van der Waals surface area contributed by atoms with Gasteiger partial charge < -0.3 is 15.2 Å². The van der Waals surface area contributed by atoms with Crippen LogP contribution in [0.4, 0.5) is 0 Å². The summed E-state index contributed by atoms with van der Waals surface area (Å²) < 4.78 is 5.08. The fourth-order valence-electron chi connectivity index (χ4n) is 1.83. The van der Waals surface area contributed by atoms with Gasteiger partial charge in [0.25, 0.3) is 0 Å². The Labute approximate surface area is 103 Å². The summed E-state index contributed by atoms with van der Waals surface area (Å²) in [5, 5.41) is 12.1. The van der Waals surface area contributed by atoms with E-state index in [-0.39, 0.29) is 0 Å². The highest BCUT2D eigenvalue weighted by molar-refractivity contribution is 5.78. The van der Waals surface area contributed by atoms with Crippen LogP contribution in [0.2, 0.25) is 0 Å². The maximum atomic E-state index is 11.2. The molecule has 1 fully saturated rings. The Bertz CT molecular complexity index is 256. The molecule has 5 nitrogen and oxygen atoms in total. The molecule has 1 saturated carbocycles. The molecule has 0 bridgehead atoms. The molecular formula is C12H24N2O3. The minimum atomic E-state index is -0.833. The molecule has 0 spiro atoms. The lowest BCUT2D eigenvalue weighted by Gasteiger charge is -2.29. The second-order valence-electron chi connectivity index (χ2n) is 4.90. The van der Waals surface area contributed by atoms with Gasteiger partial charge in [-0.25, -0.2) is 0 Å². The number of carbonyl (C=O) groups is 1. The topological polar surface area (TPSA) is 61.8 Å². The van der Waals surface area contributed by atoms with Crippen molar-refractivity contribution in [2.24, 2.45) is 0 Å². The number of hydrogen-bond acceptors (Lipinski definition) is 4. The first-order valence-corrected chi connectivity index (χ1v) is 6.19. The van der Waals surface area contributed by atoms with E-state index < -0.39 is 11.5 Å². The number of nitrogens with zero attached hydrogens (tertiary/aromatic N) is 1. The lowest BCUT2D eigenvalue weighted by atomic mass is 9.98. The van der Waals surface area contributed by atoms with E-state index in [1.807, 2.05) is 0 Å². The molecule has 5 heteroatoms. The summed E-state index contributed by atoms with van der Waals surface area (Å²) in [6, 6.07) is 0.639. The Hall–Kier alpha value is -0.650. The number of rotatable bonds is 9. The van der Waals surface area contributed by atoms with Crippen molar-refractivity contribution in [2.45, 2.75) is 37.8 Å². The minimum absolute atomic E-state index is 0.610. The first kappa shape index (κ1) is 14.4. The summed E-state index contributed by atoms with van der Waals surface area (Å²) in [4.78, 5) is 13.5. The second-order valence-corrected chi connectivity index (χ2v) is 4.90. The van der Waals surface area contributed by atoms with Gasteiger partial charge in [-0.1, -0.05) is 0 Å². The van der Waals surface area contributed by atoms with Gasteiger partial charge in [-0.15, -0.1) is 0 Å². The molecule has 0 radical (unpaired) electrons. The fourth-order valence-corrected chi connectivity index (χ4v) is 1.83. The normalized spacial score (nSPS) is 19.3. The Balaban J connectivity index is 2.41. The third-order valence-electron chi connectivity index (χ3n) is 3.57. The van der Waals surface area contributed by atoms with E-state index in [1.54, 1.807) is 21.1 Å². The largest absolute Gasteiger partial charge is 0.480 e. The molecule has 0 aromatic rings. The number of ether oxygens (including phenoxy) is 1. The van der Waals surface area contributed by atoms with Crippen molar-refractivity contribution in [3.8, 4) is 0 Å². The van der Waals surface area contributed by atoms with Crippen molar-refractivity contribution < 1.29 is 14.6 Å². The van der Waals surface area contributed by atoms with Gasteiger partial charge >= 0.3 is 5.97 Å². The third kappa shape index (κ3) is 4.26. The van der Waals surface area contributed by atoms with E-state index in [0.29, 0.717) is 19.1 Å². The molecule has 0 aromatic carbocycles. The number of carboxylic acids is 1. The van der Waals surface area contributed by atoms with Crippen LogP contribution in [0.3, 0.4) is 0 Å². The summed E-state index contributed by atoms with van der Waals surface area (Å²) in [6.07, 6.45) is 3.07. The summed E-state index contributed by atoms with van der Waals surface area (Å²) in [7, 11) is 3.39. The number of methoxy groups -OCH3 is 1. The summed E-state index contributed by atoms with van der Waals surface area (Å²) >= 11 is 0. The molecule has 1 rings (SSSR count). The van der Waals surface area contributed by atoms with Crippen molar-refractivity contribution >= 4 is 5.97 Å². The molecule has 100 valence electrons. The molecule has 1 unspecified atom stereocenters. The maximum Gasteiger partial charge on any atom is 0.323 e. The second kappa shape index (κ2) is 6.33. The predicted octanol–water partition coefficient (Wildman–Crippen LogP) is 0.550. The van der Waals surface area contributed by atoms with Crippen LogP contribution >= 0.6 is 0 Å². The average Bonchev–Trinajstić information content (AvgIpc) is 3.12. The maximum absolute atomic E-state index is 11.2. The van der Waals surface area contributed by atoms with Gasteiger partial charge in [-0.05, 0) is 33.2 Å². The standard InChI is InChI=1S/C12H24N2O3/c1-12(13-2,11(15)16)6-7-14(8-9-17-3)10-4-5-10/h10,13H,4-9H2,1-3H3,(H,15,16). The zero-order valence-corrected chi connectivity index (χ0v) is 11.0. The Morgan fingerprint density at radius 3 is 2.59 bits per heavy atom. The van der Waals surface area contributed by atoms with E-state index in [4.69, 9.17) is 9.84 Å². The van der Waals surface area contributed by atoms with Crippen molar-refractivity contribution in [3.05, 3.63) is 0 Å². The zero-order valence-electron chi connectivity index (χ0n) is 11.0. The van der Waals surface area contributed by atoms with Crippen molar-refractivity contribution in [1.82, 2.24) is 10.2 Å². The van der Waals surface area contributed by atoms with Gasteiger partial charge in [0.2, 0.25) is 0 Å². The van der Waals surface area contributed by atoms with Gasteiger partial charge in [0.1, 0.15) is 5.54 Å². The molecule has 17 heavy (non-hydrogen) atoms. The first-order chi connectivity index (χ1) is 8.03. The van der Waals surface area contributed by atoms with Crippen LogP contribution in [-0.2, 0) is 9.53 Å². The number of aliphatic carboxylic acids is 1. The van der Waals surface area contributed by atoms with Crippen LogP contribution in [0.15, 0.2) is 0 Å². The average molecular weight is 244 g/mol. The summed E-state index contributed by atoms with van der Waals surface area (Å²) in [5.74, 6) is -0.789. The Kier molecular flexibility index (Phi) is 5.36. The number of nitrogens with one attached hydrogen (secondary N) is 1. The molecule has 1 aliphatic rings. The van der Waals surface area contributed by atoms with E-state index >= 15 is 0 Å². The zero-order chi connectivity index (χ0) is 12.9. The molecule has 1 atom stereocenters. The van der Waals surface area contributed by atoms with Gasteiger partial charge in [0, 0.05) is 26.2 Å². The van der Waals surface area contributed by atoms with Crippen LogP contribution in [0.25, 0.3) is 0 Å². The van der Waals surface area contributed by atoms with Crippen LogP contribution < -0.4 is 5.32 Å². The van der Waals surface area contributed by atoms with Crippen LogP contribution in [0, 0.1) is 0 Å². The molecule has 1 aliphatic carbocycles. The van der Waals surface area contributed by atoms with E-state index in [1.165, 1.54) is 12.8 Å². The Morgan fingerprint density at radius 1 is 1.53 bits per heavy atom. The van der Waals surface area contributed by atoms with Crippen molar-refractivity contribution in [2.75, 3.05) is 33.9 Å². The molecule has 0 aliphatic heterocycles. The minimum Gasteiger partial charge on any atom is -0.480 e. The molecular weight excluding hydrogens is 220 g/mol. The highest BCUT2D eigenvalue weighted by Gasteiger charge is 2.34. The highest BCUT2D eigenvalue weighted by atomic mass is 16.5. The van der Waals surface area contributed by atoms with E-state index in [0.717, 1.165) is 13.1 Å². The van der Waals surface area contributed by atoms with Crippen LogP contribution in [0.1, 0.15) is 26.2 Å². The van der Waals surface area contributed by atoms with Gasteiger partial charge in [-0.2, -0.15) is 0 Å².